The van der Waals surface area contributed by atoms with E-state index in [1.807, 2.05) is 31.2 Å². The molecule has 0 saturated carbocycles. The topological polar surface area (TPSA) is 54.5 Å². The van der Waals surface area contributed by atoms with E-state index in [0.717, 1.165) is 10.5 Å². The van der Waals surface area contributed by atoms with Crippen molar-refractivity contribution in [1.82, 2.24) is 0 Å². The Morgan fingerprint density at radius 2 is 2.00 bits per heavy atom. The van der Waals surface area contributed by atoms with Gasteiger partial charge < -0.3 is 0 Å². The smallest absolute Gasteiger partial charge is 0.232 e. The molecule has 0 bridgehead atoms. The third-order valence-electron chi connectivity index (χ3n) is 4.11. The van der Waals surface area contributed by atoms with Gasteiger partial charge >= 0.3 is 0 Å². The number of hydrogen-bond acceptors (Lipinski definition) is 4. The Bertz CT molecular complexity index is 928. The van der Waals surface area contributed by atoms with E-state index >= 15 is 0 Å². The number of thioether (sulfide) groups is 1. The third-order valence-corrected chi connectivity index (χ3v) is 6.89. The number of ketones is 1. The van der Waals surface area contributed by atoms with Crippen LogP contribution >= 0.6 is 23.4 Å². The van der Waals surface area contributed by atoms with Gasteiger partial charge in [-0.1, -0.05) is 23.7 Å². The summed E-state index contributed by atoms with van der Waals surface area (Å²) in [6.07, 6.45) is 1.82. The first-order valence-corrected chi connectivity index (χ1v) is 11.0. The number of sulfonamides is 1. The van der Waals surface area contributed by atoms with Crippen LogP contribution in [0.15, 0.2) is 47.4 Å². The largest absolute Gasteiger partial charge is 0.293 e. The molecule has 0 amide bonds. The number of nitrogens with zero attached hydrogens (tertiary/aromatic N) is 1. The number of fused-ring (bicyclic) bond motifs is 1. The maximum atomic E-state index is 12.5. The van der Waals surface area contributed by atoms with Crippen LogP contribution in [-0.4, -0.2) is 32.3 Å². The predicted molar refractivity (Wildman–Crippen MR) is 103 cm³/mol. The second kappa shape index (κ2) is 7.02. The van der Waals surface area contributed by atoms with E-state index in [0.29, 0.717) is 22.7 Å². The molecule has 0 aromatic heterocycles. The van der Waals surface area contributed by atoms with Crippen molar-refractivity contribution in [3.8, 4) is 0 Å². The fraction of sp³-hybridized carbons (Fsp3) is 0.278. The number of Topliss-reactive ketones (excluding diaryl/α,β-unsaturated/α-hetero) is 1. The Morgan fingerprint density at radius 3 is 2.68 bits per heavy atom. The molecule has 0 saturated heterocycles. The van der Waals surface area contributed by atoms with Crippen LogP contribution < -0.4 is 4.31 Å². The van der Waals surface area contributed by atoms with Gasteiger partial charge in [0.15, 0.2) is 5.78 Å². The molecular formula is C18H18ClNO3S2. The molecule has 0 spiro atoms. The van der Waals surface area contributed by atoms with E-state index < -0.39 is 10.0 Å². The molecule has 1 heterocycles. The van der Waals surface area contributed by atoms with Gasteiger partial charge in [-0.05, 0) is 49.2 Å². The zero-order valence-corrected chi connectivity index (χ0v) is 16.3. The maximum Gasteiger partial charge on any atom is 0.232 e. The Hall–Kier alpha value is -1.50. The summed E-state index contributed by atoms with van der Waals surface area (Å²) in [6, 6.07) is 12.5. The van der Waals surface area contributed by atoms with Crippen LogP contribution in [-0.2, 0) is 16.4 Å². The van der Waals surface area contributed by atoms with Crippen LogP contribution in [0, 0.1) is 0 Å². The van der Waals surface area contributed by atoms with E-state index in [2.05, 4.69) is 0 Å². The molecule has 0 N–H and O–H groups in total. The molecule has 132 valence electrons. The van der Waals surface area contributed by atoms with E-state index in [1.54, 1.807) is 18.2 Å². The molecule has 1 aliphatic rings. The van der Waals surface area contributed by atoms with Gasteiger partial charge in [-0.25, -0.2) is 8.42 Å². The highest BCUT2D eigenvalue weighted by Gasteiger charge is 2.32. The van der Waals surface area contributed by atoms with E-state index in [1.165, 1.54) is 22.3 Å². The van der Waals surface area contributed by atoms with Gasteiger partial charge in [0.05, 0.1) is 22.7 Å². The molecule has 0 fully saturated rings. The quantitative estimate of drug-likeness (QED) is 0.566. The zero-order chi connectivity index (χ0) is 18.2. The molecule has 0 radical (unpaired) electrons. The van der Waals surface area contributed by atoms with Gasteiger partial charge in [-0.2, -0.15) is 0 Å². The average Bonchev–Trinajstić information content (AvgIpc) is 2.88. The van der Waals surface area contributed by atoms with E-state index in [4.69, 9.17) is 11.6 Å². The molecule has 7 heteroatoms. The van der Waals surface area contributed by atoms with Crippen molar-refractivity contribution in [2.45, 2.75) is 24.3 Å². The average molecular weight is 396 g/mol. The minimum absolute atomic E-state index is 0.00169. The minimum atomic E-state index is -3.32. The Labute approximate surface area is 157 Å². The molecule has 2 aromatic carbocycles. The van der Waals surface area contributed by atoms with Gasteiger partial charge in [0, 0.05) is 16.5 Å². The summed E-state index contributed by atoms with van der Waals surface area (Å²) >= 11 is 7.51. The zero-order valence-electron chi connectivity index (χ0n) is 13.9. The Balaban J connectivity index is 1.78. The summed E-state index contributed by atoms with van der Waals surface area (Å²) in [6.45, 7) is 1.87. The highest BCUT2D eigenvalue weighted by Crippen LogP contribution is 2.35. The van der Waals surface area contributed by atoms with Crippen LogP contribution in [0.4, 0.5) is 5.69 Å². The van der Waals surface area contributed by atoms with E-state index in [9.17, 15) is 13.2 Å². The normalized spacial score (nSPS) is 16.8. The molecule has 4 nitrogen and oxygen atoms in total. The summed E-state index contributed by atoms with van der Waals surface area (Å²) in [5, 5.41) is 0.631. The molecule has 0 unspecified atom stereocenters. The lowest BCUT2D eigenvalue weighted by atomic mass is 10.0. The van der Waals surface area contributed by atoms with Gasteiger partial charge in [0.2, 0.25) is 10.0 Å². The van der Waals surface area contributed by atoms with Crippen LogP contribution in [0.1, 0.15) is 22.8 Å². The van der Waals surface area contributed by atoms with Gasteiger partial charge in [0.25, 0.3) is 0 Å². The second-order valence-corrected chi connectivity index (χ2v) is 9.38. The molecule has 1 aliphatic heterocycles. The number of benzene rings is 2. The number of carbonyl (C=O) groups is 1. The van der Waals surface area contributed by atoms with Gasteiger partial charge in [-0.3, -0.25) is 9.10 Å². The Morgan fingerprint density at radius 1 is 1.28 bits per heavy atom. The van der Waals surface area contributed by atoms with Crippen molar-refractivity contribution in [3.05, 3.63) is 58.6 Å². The summed E-state index contributed by atoms with van der Waals surface area (Å²) in [5.74, 6) is 0.284. The highest BCUT2D eigenvalue weighted by molar-refractivity contribution is 8.00. The molecule has 25 heavy (non-hydrogen) atoms. The van der Waals surface area contributed by atoms with Crippen LogP contribution in [0.2, 0.25) is 5.02 Å². The number of rotatable bonds is 5. The van der Waals surface area contributed by atoms with Crippen LogP contribution in [0.3, 0.4) is 0 Å². The minimum Gasteiger partial charge on any atom is -0.293 e. The number of hydrogen-bond donors (Lipinski definition) is 0. The van der Waals surface area contributed by atoms with Crippen molar-refractivity contribution in [2.75, 3.05) is 16.3 Å². The molecule has 1 atom stereocenters. The van der Waals surface area contributed by atoms with Crippen LogP contribution in [0.5, 0.6) is 0 Å². The van der Waals surface area contributed by atoms with Crippen molar-refractivity contribution in [1.29, 1.82) is 0 Å². The van der Waals surface area contributed by atoms with Crippen molar-refractivity contribution in [2.24, 2.45) is 0 Å². The lowest BCUT2D eigenvalue weighted by molar-refractivity contribution is 0.102. The first-order chi connectivity index (χ1) is 11.8. The first kappa shape index (κ1) is 18.3. The number of carbonyl (C=O) groups excluding carboxylic acids is 1. The van der Waals surface area contributed by atoms with Crippen molar-refractivity contribution in [3.63, 3.8) is 0 Å². The first-order valence-electron chi connectivity index (χ1n) is 7.80. The molecule has 0 aliphatic carbocycles. The van der Waals surface area contributed by atoms with Crippen molar-refractivity contribution >= 4 is 44.9 Å². The summed E-state index contributed by atoms with van der Waals surface area (Å²) in [5.41, 5.74) is 2.16. The standard InChI is InChI=1S/C18H18ClNO3S2/c1-12-9-14-10-13(7-8-16(14)20(12)25(2,22)23)17(21)11-24-18-6-4-3-5-15(18)19/h3-8,10,12H,9,11H2,1-2H3/t12-/m0/s1. The second-order valence-electron chi connectivity index (χ2n) is 6.10. The fourth-order valence-corrected chi connectivity index (χ4v) is 5.47. The van der Waals surface area contributed by atoms with E-state index in [-0.39, 0.29) is 17.6 Å². The number of anilines is 1. The molecule has 2 aromatic rings. The fourth-order valence-electron chi connectivity index (χ4n) is 3.07. The maximum absolute atomic E-state index is 12.5. The SMILES string of the molecule is C[C@H]1Cc2cc(C(=O)CSc3ccccc3Cl)ccc2N1S(C)(=O)=O. The van der Waals surface area contributed by atoms with Crippen LogP contribution in [0.25, 0.3) is 0 Å². The third kappa shape index (κ3) is 3.86. The highest BCUT2D eigenvalue weighted by atomic mass is 35.5. The Kier molecular flexibility index (Phi) is 5.14. The summed E-state index contributed by atoms with van der Waals surface area (Å²) in [4.78, 5) is 13.4. The van der Waals surface area contributed by atoms with Crippen molar-refractivity contribution < 1.29 is 13.2 Å². The summed E-state index contributed by atoms with van der Waals surface area (Å²) < 4.78 is 25.3. The van der Waals surface area contributed by atoms with Gasteiger partial charge in [0.1, 0.15) is 0 Å². The monoisotopic (exact) mass is 395 g/mol. The summed E-state index contributed by atoms with van der Waals surface area (Å²) in [7, 11) is -3.32. The predicted octanol–water partition coefficient (Wildman–Crippen LogP) is 4.03. The lowest BCUT2D eigenvalue weighted by Crippen LogP contribution is -2.34. The molecule has 3 rings (SSSR count). The van der Waals surface area contributed by atoms with Gasteiger partial charge in [-0.15, -0.1) is 11.8 Å². The molecular weight excluding hydrogens is 378 g/mol. The number of halogens is 1. The lowest BCUT2D eigenvalue weighted by Gasteiger charge is -2.21.